The lowest BCUT2D eigenvalue weighted by Gasteiger charge is -2.02. The van der Waals surface area contributed by atoms with Gasteiger partial charge in [-0.05, 0) is 12.1 Å². The fourth-order valence-electron chi connectivity index (χ4n) is 1.87. The maximum atomic E-state index is 4.18. The van der Waals surface area contributed by atoms with Gasteiger partial charge in [-0.2, -0.15) is 0 Å². The smallest absolute Gasteiger partial charge is 0.160 e. The van der Waals surface area contributed by atoms with Crippen LogP contribution in [0.2, 0.25) is 0 Å². The molecule has 6 nitrogen and oxygen atoms in total. The number of nitrogens with one attached hydrogen (secondary N) is 2. The van der Waals surface area contributed by atoms with Gasteiger partial charge in [-0.15, -0.1) is 10.2 Å². The van der Waals surface area contributed by atoms with Gasteiger partial charge in [-0.1, -0.05) is 6.07 Å². The molecule has 0 saturated heterocycles. The van der Waals surface area contributed by atoms with E-state index >= 15 is 0 Å². The second-order valence-electron chi connectivity index (χ2n) is 4.05. The summed E-state index contributed by atoms with van der Waals surface area (Å²) in [5.74, 6) is 0.975. The first kappa shape index (κ1) is 10.9. The predicted octanol–water partition coefficient (Wildman–Crippen LogP) is 0.785. The van der Waals surface area contributed by atoms with Crippen LogP contribution in [0.15, 0.2) is 36.9 Å². The third-order valence-corrected chi connectivity index (χ3v) is 2.78. The van der Waals surface area contributed by atoms with E-state index < -0.39 is 0 Å². The second kappa shape index (κ2) is 4.97. The molecule has 0 bridgehead atoms. The predicted molar refractivity (Wildman–Crippen MR) is 67.0 cm³/mol. The Hall–Kier alpha value is -2.21. The van der Waals surface area contributed by atoms with Crippen LogP contribution in [0.4, 0.5) is 0 Å². The molecule has 0 fully saturated rings. The first-order valence-electron chi connectivity index (χ1n) is 5.90. The Labute approximate surface area is 104 Å². The number of nitrogens with zero attached hydrogens (tertiary/aromatic N) is 4. The van der Waals surface area contributed by atoms with Gasteiger partial charge in [-0.3, -0.25) is 4.40 Å². The molecule has 0 spiro atoms. The van der Waals surface area contributed by atoms with Crippen LogP contribution in [0.5, 0.6) is 0 Å². The zero-order chi connectivity index (χ0) is 12.2. The van der Waals surface area contributed by atoms with Crippen molar-refractivity contribution in [1.82, 2.24) is 29.9 Å². The average Bonchev–Trinajstić information content (AvgIpc) is 3.04. The molecule has 0 aliphatic rings. The van der Waals surface area contributed by atoms with Crippen molar-refractivity contribution >= 4 is 5.65 Å². The van der Waals surface area contributed by atoms with Crippen LogP contribution < -0.4 is 5.32 Å². The number of rotatable bonds is 5. The van der Waals surface area contributed by atoms with Crippen molar-refractivity contribution in [2.45, 2.75) is 13.0 Å². The third kappa shape index (κ3) is 2.23. The molecular weight excluding hydrogens is 228 g/mol. The number of aromatic amines is 1. The van der Waals surface area contributed by atoms with Crippen molar-refractivity contribution in [1.29, 1.82) is 0 Å². The molecule has 3 heterocycles. The number of H-pyrrole nitrogens is 1. The van der Waals surface area contributed by atoms with Gasteiger partial charge in [0.2, 0.25) is 0 Å². The Morgan fingerprint density at radius 2 is 2.28 bits per heavy atom. The SMILES string of the molecule is c1ccn2c(CCNCc3cnc[nH]3)nnc2c1. The van der Waals surface area contributed by atoms with E-state index in [1.54, 1.807) is 6.33 Å². The third-order valence-electron chi connectivity index (χ3n) is 2.78. The fraction of sp³-hybridized carbons (Fsp3) is 0.250. The van der Waals surface area contributed by atoms with Crippen molar-refractivity contribution in [3.05, 3.63) is 48.4 Å². The van der Waals surface area contributed by atoms with E-state index in [-0.39, 0.29) is 0 Å². The van der Waals surface area contributed by atoms with Crippen molar-refractivity contribution in [2.24, 2.45) is 0 Å². The molecule has 92 valence electrons. The Morgan fingerprint density at radius 1 is 1.28 bits per heavy atom. The minimum absolute atomic E-state index is 0.788. The number of fused-ring (bicyclic) bond motifs is 1. The first-order chi connectivity index (χ1) is 8.93. The van der Waals surface area contributed by atoms with Crippen LogP contribution in [-0.4, -0.2) is 31.1 Å². The average molecular weight is 242 g/mol. The summed E-state index contributed by atoms with van der Waals surface area (Å²) in [5, 5.41) is 11.6. The van der Waals surface area contributed by atoms with Crippen LogP contribution >= 0.6 is 0 Å². The fourth-order valence-corrected chi connectivity index (χ4v) is 1.87. The van der Waals surface area contributed by atoms with E-state index in [1.807, 2.05) is 35.0 Å². The van der Waals surface area contributed by atoms with Crippen molar-refractivity contribution in [3.63, 3.8) is 0 Å². The summed E-state index contributed by atoms with van der Waals surface area (Å²) in [7, 11) is 0. The molecule has 2 N–H and O–H groups in total. The Bertz CT molecular complexity index is 612. The highest BCUT2D eigenvalue weighted by molar-refractivity contribution is 5.36. The molecule has 3 rings (SSSR count). The summed E-state index contributed by atoms with van der Waals surface area (Å²) in [6.07, 6.45) is 6.33. The maximum Gasteiger partial charge on any atom is 0.160 e. The number of imidazole rings is 1. The van der Waals surface area contributed by atoms with E-state index in [0.717, 1.165) is 36.7 Å². The highest BCUT2D eigenvalue weighted by Gasteiger charge is 2.03. The van der Waals surface area contributed by atoms with E-state index in [2.05, 4.69) is 25.5 Å². The molecule has 0 amide bonds. The molecule has 3 aromatic rings. The zero-order valence-electron chi connectivity index (χ0n) is 9.87. The van der Waals surface area contributed by atoms with E-state index in [1.165, 1.54) is 0 Å². The van der Waals surface area contributed by atoms with E-state index in [4.69, 9.17) is 0 Å². The van der Waals surface area contributed by atoms with Crippen molar-refractivity contribution in [3.8, 4) is 0 Å². The topological polar surface area (TPSA) is 70.9 Å². The highest BCUT2D eigenvalue weighted by Crippen LogP contribution is 2.02. The zero-order valence-corrected chi connectivity index (χ0v) is 9.87. The summed E-state index contributed by atoms with van der Waals surface area (Å²) in [5.41, 5.74) is 1.97. The number of aromatic nitrogens is 5. The van der Waals surface area contributed by atoms with Gasteiger partial charge in [-0.25, -0.2) is 4.98 Å². The molecule has 0 atom stereocenters. The summed E-state index contributed by atoms with van der Waals surface area (Å²) in [6.45, 7) is 1.64. The van der Waals surface area contributed by atoms with Crippen LogP contribution in [0.1, 0.15) is 11.5 Å². The van der Waals surface area contributed by atoms with Gasteiger partial charge in [0.25, 0.3) is 0 Å². The second-order valence-corrected chi connectivity index (χ2v) is 4.05. The summed E-state index contributed by atoms with van der Waals surface area (Å²) in [4.78, 5) is 7.02. The van der Waals surface area contributed by atoms with E-state index in [0.29, 0.717) is 0 Å². The van der Waals surface area contributed by atoms with Gasteiger partial charge in [0.1, 0.15) is 5.82 Å². The lowest BCUT2D eigenvalue weighted by molar-refractivity contribution is 0.659. The molecule has 0 aromatic carbocycles. The summed E-state index contributed by atoms with van der Waals surface area (Å²) >= 11 is 0. The highest BCUT2D eigenvalue weighted by atomic mass is 15.2. The molecule has 3 aromatic heterocycles. The van der Waals surface area contributed by atoms with Crippen LogP contribution in [0.3, 0.4) is 0 Å². The standard InChI is InChI=1S/C12H14N6/c1-2-6-18-11(3-1)16-17-12(18)4-5-13-7-10-8-14-9-15-10/h1-3,6,8-9,13H,4-5,7H2,(H,14,15). The minimum atomic E-state index is 0.788. The van der Waals surface area contributed by atoms with Crippen LogP contribution in [0, 0.1) is 0 Å². The molecular formula is C12H14N6. The molecule has 0 unspecified atom stereocenters. The Morgan fingerprint density at radius 3 is 3.17 bits per heavy atom. The number of hydrogen-bond acceptors (Lipinski definition) is 4. The lowest BCUT2D eigenvalue weighted by Crippen LogP contribution is -2.17. The lowest BCUT2D eigenvalue weighted by atomic mass is 10.3. The number of hydrogen-bond donors (Lipinski definition) is 2. The van der Waals surface area contributed by atoms with E-state index in [9.17, 15) is 0 Å². The van der Waals surface area contributed by atoms with Gasteiger partial charge < -0.3 is 10.3 Å². The largest absolute Gasteiger partial charge is 0.347 e. The molecule has 0 aliphatic heterocycles. The molecule has 6 heteroatoms. The first-order valence-corrected chi connectivity index (χ1v) is 5.90. The van der Waals surface area contributed by atoms with Gasteiger partial charge in [0, 0.05) is 37.6 Å². The van der Waals surface area contributed by atoms with Gasteiger partial charge >= 0.3 is 0 Å². The number of pyridine rings is 1. The Kier molecular flexibility index (Phi) is 3.01. The van der Waals surface area contributed by atoms with Crippen LogP contribution in [0.25, 0.3) is 5.65 Å². The van der Waals surface area contributed by atoms with Gasteiger partial charge in [0.05, 0.1) is 6.33 Å². The van der Waals surface area contributed by atoms with Crippen molar-refractivity contribution in [2.75, 3.05) is 6.54 Å². The summed E-state index contributed by atoms with van der Waals surface area (Å²) < 4.78 is 2.01. The summed E-state index contributed by atoms with van der Waals surface area (Å²) in [6, 6.07) is 5.90. The molecule has 0 radical (unpaired) electrons. The normalized spacial score (nSPS) is 11.1. The minimum Gasteiger partial charge on any atom is -0.347 e. The maximum absolute atomic E-state index is 4.18. The van der Waals surface area contributed by atoms with Crippen LogP contribution in [-0.2, 0) is 13.0 Å². The molecule has 0 saturated carbocycles. The van der Waals surface area contributed by atoms with Gasteiger partial charge in [0.15, 0.2) is 5.65 Å². The van der Waals surface area contributed by atoms with Crippen molar-refractivity contribution < 1.29 is 0 Å². The molecule has 18 heavy (non-hydrogen) atoms. The quantitative estimate of drug-likeness (QED) is 0.649. The Balaban J connectivity index is 1.57. The molecule has 0 aliphatic carbocycles. The monoisotopic (exact) mass is 242 g/mol.